The molecule has 3 nitrogen and oxygen atoms in total. The van der Waals surface area contributed by atoms with E-state index in [1.165, 1.54) is 53.4 Å². The van der Waals surface area contributed by atoms with Gasteiger partial charge in [-0.05, 0) is 48.9 Å². The third-order valence-electron chi connectivity index (χ3n) is 4.80. The van der Waals surface area contributed by atoms with Crippen LogP contribution in [0.5, 0.6) is 5.75 Å². The Morgan fingerprint density at radius 2 is 1.83 bits per heavy atom. The maximum absolute atomic E-state index is 6.21. The Bertz CT molecular complexity index is 821. The van der Waals surface area contributed by atoms with Gasteiger partial charge in [-0.1, -0.05) is 43.3 Å². The second-order valence-corrected chi connectivity index (χ2v) is 6.35. The molecule has 0 fully saturated rings. The first-order chi connectivity index (χ1) is 11.4. The van der Waals surface area contributed by atoms with Gasteiger partial charge in [0.25, 0.3) is 0 Å². The molecule has 2 aromatic carbocycles. The van der Waals surface area contributed by atoms with Crippen LogP contribution in [0.1, 0.15) is 36.6 Å². The van der Waals surface area contributed by atoms with E-state index in [4.69, 9.17) is 4.74 Å². The van der Waals surface area contributed by atoms with Crippen LogP contribution in [0, 0.1) is 0 Å². The summed E-state index contributed by atoms with van der Waals surface area (Å²) in [6.45, 7) is 3.99. The summed E-state index contributed by atoms with van der Waals surface area (Å²) in [5.41, 5.74) is 5.63. The lowest BCUT2D eigenvalue weighted by atomic mass is 10.1. The third-order valence-corrected chi connectivity index (χ3v) is 4.80. The maximum atomic E-state index is 6.21. The fourth-order valence-corrected chi connectivity index (χ4v) is 3.82. The zero-order chi connectivity index (χ0) is 15.6. The van der Waals surface area contributed by atoms with Gasteiger partial charge in [-0.15, -0.1) is 0 Å². The van der Waals surface area contributed by atoms with Crippen molar-refractivity contribution in [3.63, 3.8) is 0 Å². The highest BCUT2D eigenvalue weighted by atomic mass is 16.5. The first-order valence-electron chi connectivity index (χ1n) is 8.68. The molecule has 3 heteroatoms. The van der Waals surface area contributed by atoms with E-state index in [1.807, 2.05) is 6.07 Å². The van der Waals surface area contributed by atoms with E-state index in [9.17, 15) is 0 Å². The summed E-state index contributed by atoms with van der Waals surface area (Å²) in [6, 6.07) is 16.9. The predicted octanol–water partition coefficient (Wildman–Crippen LogP) is 5.28. The van der Waals surface area contributed by atoms with Gasteiger partial charge in [-0.2, -0.15) is 0 Å². The van der Waals surface area contributed by atoms with Crippen molar-refractivity contribution in [2.45, 2.75) is 45.8 Å². The maximum Gasteiger partial charge on any atom is 0.129 e. The summed E-state index contributed by atoms with van der Waals surface area (Å²) in [7, 11) is 0. The Kier molecular flexibility index (Phi) is 4.91. The standard InChI is InChI=1S/C21H23NO.H3N/c1-2-14-22-18-11-6-10-17(18)21-19(22)12-7-13-20(21)23-15-16-8-4-3-5-9-16;/h3-5,7-9,12-13H,2,6,10-11,14-15H2,1H3;1H3. The molecular weight excluding hydrogens is 296 g/mol. The van der Waals surface area contributed by atoms with Gasteiger partial charge in [0.1, 0.15) is 12.4 Å². The van der Waals surface area contributed by atoms with Gasteiger partial charge in [-0.25, -0.2) is 0 Å². The highest BCUT2D eigenvalue weighted by Crippen LogP contribution is 2.38. The second-order valence-electron chi connectivity index (χ2n) is 6.35. The van der Waals surface area contributed by atoms with Gasteiger partial charge in [0.2, 0.25) is 0 Å². The van der Waals surface area contributed by atoms with Crippen molar-refractivity contribution in [2.24, 2.45) is 0 Å². The number of rotatable bonds is 5. The van der Waals surface area contributed by atoms with Crippen molar-refractivity contribution in [1.82, 2.24) is 10.7 Å². The molecule has 1 aliphatic rings. The van der Waals surface area contributed by atoms with Crippen LogP contribution in [-0.4, -0.2) is 4.57 Å². The molecule has 0 saturated carbocycles. The van der Waals surface area contributed by atoms with E-state index in [1.54, 1.807) is 0 Å². The minimum atomic E-state index is 0. The molecular formula is C21H26N2O. The highest BCUT2D eigenvalue weighted by molar-refractivity contribution is 5.91. The van der Waals surface area contributed by atoms with Crippen LogP contribution in [0.2, 0.25) is 0 Å². The molecule has 1 aliphatic carbocycles. The van der Waals surface area contributed by atoms with Crippen LogP contribution < -0.4 is 10.9 Å². The lowest BCUT2D eigenvalue weighted by Crippen LogP contribution is -2.01. The van der Waals surface area contributed by atoms with E-state index >= 15 is 0 Å². The number of aryl methyl sites for hydroxylation is 2. The number of benzene rings is 2. The molecule has 0 bridgehead atoms. The molecule has 1 heterocycles. The van der Waals surface area contributed by atoms with Crippen molar-refractivity contribution in [1.29, 1.82) is 0 Å². The number of nitrogens with zero attached hydrogens (tertiary/aromatic N) is 1. The lowest BCUT2D eigenvalue weighted by molar-refractivity contribution is 0.310. The van der Waals surface area contributed by atoms with Gasteiger partial charge in [-0.3, -0.25) is 0 Å². The third kappa shape index (κ3) is 2.80. The van der Waals surface area contributed by atoms with Crippen LogP contribution in [0.15, 0.2) is 48.5 Å². The first kappa shape index (κ1) is 16.6. The van der Waals surface area contributed by atoms with Gasteiger partial charge in [0.05, 0.1) is 5.52 Å². The Balaban J connectivity index is 0.00000169. The van der Waals surface area contributed by atoms with E-state index in [-0.39, 0.29) is 6.15 Å². The fourth-order valence-electron chi connectivity index (χ4n) is 3.82. The number of hydrogen-bond acceptors (Lipinski definition) is 2. The fraction of sp³-hybridized carbons (Fsp3) is 0.333. The van der Waals surface area contributed by atoms with Crippen molar-refractivity contribution in [3.8, 4) is 5.75 Å². The highest BCUT2D eigenvalue weighted by Gasteiger charge is 2.23. The smallest absolute Gasteiger partial charge is 0.129 e. The Morgan fingerprint density at radius 1 is 1.00 bits per heavy atom. The normalized spacial score (nSPS) is 12.9. The van der Waals surface area contributed by atoms with Crippen LogP contribution in [0.3, 0.4) is 0 Å². The molecule has 1 aromatic heterocycles. The average Bonchev–Trinajstić information content (AvgIpc) is 3.17. The predicted molar refractivity (Wildman–Crippen MR) is 100 cm³/mol. The van der Waals surface area contributed by atoms with Crippen LogP contribution in [0.25, 0.3) is 10.9 Å². The second kappa shape index (κ2) is 7.10. The number of ether oxygens (including phenoxy) is 1. The van der Waals surface area contributed by atoms with E-state index in [0.717, 1.165) is 12.3 Å². The minimum Gasteiger partial charge on any atom is -0.488 e. The molecule has 126 valence electrons. The zero-order valence-corrected chi connectivity index (χ0v) is 14.4. The summed E-state index contributed by atoms with van der Waals surface area (Å²) >= 11 is 0. The van der Waals surface area contributed by atoms with Crippen molar-refractivity contribution < 1.29 is 4.74 Å². The summed E-state index contributed by atoms with van der Waals surface area (Å²) in [5, 5.41) is 1.35. The van der Waals surface area contributed by atoms with Crippen LogP contribution >= 0.6 is 0 Å². The van der Waals surface area contributed by atoms with E-state index in [2.05, 4.69) is 54.0 Å². The molecule has 3 aromatic rings. The molecule has 0 atom stereocenters. The quantitative estimate of drug-likeness (QED) is 0.694. The largest absolute Gasteiger partial charge is 0.488 e. The molecule has 3 N–H and O–H groups in total. The van der Waals surface area contributed by atoms with Crippen LogP contribution in [-0.2, 0) is 26.0 Å². The monoisotopic (exact) mass is 322 g/mol. The summed E-state index contributed by atoms with van der Waals surface area (Å²) in [5.74, 6) is 1.04. The van der Waals surface area contributed by atoms with E-state index < -0.39 is 0 Å². The van der Waals surface area contributed by atoms with Crippen molar-refractivity contribution in [3.05, 3.63) is 65.4 Å². The minimum absolute atomic E-state index is 0. The molecule has 0 unspecified atom stereocenters. The molecule has 4 rings (SSSR count). The van der Waals surface area contributed by atoms with Crippen molar-refractivity contribution in [2.75, 3.05) is 0 Å². The molecule has 0 aliphatic heterocycles. The van der Waals surface area contributed by atoms with Crippen molar-refractivity contribution >= 4 is 10.9 Å². The summed E-state index contributed by atoms with van der Waals surface area (Å²) < 4.78 is 8.73. The van der Waals surface area contributed by atoms with Gasteiger partial charge in [0.15, 0.2) is 0 Å². The molecule has 0 spiro atoms. The summed E-state index contributed by atoms with van der Waals surface area (Å²) in [6.07, 6.45) is 4.85. The average molecular weight is 322 g/mol. The number of fused-ring (bicyclic) bond motifs is 3. The molecule has 0 radical (unpaired) electrons. The van der Waals surface area contributed by atoms with Crippen LogP contribution in [0.4, 0.5) is 0 Å². The topological polar surface area (TPSA) is 49.2 Å². The molecule has 0 amide bonds. The Morgan fingerprint density at radius 3 is 2.62 bits per heavy atom. The Hall–Kier alpha value is -2.26. The molecule has 0 saturated heterocycles. The zero-order valence-electron chi connectivity index (χ0n) is 14.4. The van der Waals surface area contributed by atoms with Gasteiger partial charge < -0.3 is 15.5 Å². The van der Waals surface area contributed by atoms with Gasteiger partial charge >= 0.3 is 0 Å². The van der Waals surface area contributed by atoms with Gasteiger partial charge in [0, 0.05) is 17.6 Å². The van der Waals surface area contributed by atoms with E-state index in [0.29, 0.717) is 6.61 Å². The summed E-state index contributed by atoms with van der Waals surface area (Å²) in [4.78, 5) is 0. The first-order valence-corrected chi connectivity index (χ1v) is 8.68. The number of aromatic nitrogens is 1. The Labute approximate surface area is 143 Å². The number of hydrogen-bond donors (Lipinski definition) is 1. The lowest BCUT2D eigenvalue weighted by Gasteiger charge is -2.10. The SMILES string of the molecule is CCCn1c2c(c3c(OCc4ccccc4)cccc31)CCC2.N. The molecule has 24 heavy (non-hydrogen) atoms.